The molecule has 1 aliphatic rings. The Labute approximate surface area is 162 Å². The van der Waals surface area contributed by atoms with Crippen LogP contribution in [0.25, 0.3) is 0 Å². The number of ether oxygens (including phenoxy) is 1. The summed E-state index contributed by atoms with van der Waals surface area (Å²) < 4.78 is 11.2. The summed E-state index contributed by atoms with van der Waals surface area (Å²) >= 11 is 3.23. The van der Waals surface area contributed by atoms with Crippen LogP contribution >= 0.6 is 15.9 Å². The average Bonchev–Trinajstić information content (AvgIpc) is 3.10. The van der Waals surface area contributed by atoms with Crippen LogP contribution < -0.4 is 10.1 Å². The maximum Gasteiger partial charge on any atom is 0.287 e. The molecule has 0 saturated carbocycles. The standard InChI is InChI=1S/C19H24BrN3O3/c1-22-9-11-23(12-10-22)16(14-3-5-15(25-2)6-4-14)13-21-19(24)17-7-8-18(20)26-17/h3-8,16H,9-13H2,1-2H3,(H,21,24)/t16-/m0/s1. The topological polar surface area (TPSA) is 58.0 Å². The van der Waals surface area contributed by atoms with E-state index < -0.39 is 0 Å². The summed E-state index contributed by atoms with van der Waals surface area (Å²) in [6, 6.07) is 11.5. The quantitative estimate of drug-likeness (QED) is 0.776. The molecule has 1 aromatic carbocycles. The smallest absolute Gasteiger partial charge is 0.287 e. The molecule has 0 unspecified atom stereocenters. The first-order chi connectivity index (χ1) is 12.6. The average molecular weight is 422 g/mol. The predicted molar refractivity (Wildman–Crippen MR) is 104 cm³/mol. The van der Waals surface area contributed by atoms with Gasteiger partial charge in [-0.3, -0.25) is 9.69 Å². The molecule has 1 saturated heterocycles. The molecule has 3 rings (SSSR count). The van der Waals surface area contributed by atoms with Gasteiger partial charge in [-0.05, 0) is 52.8 Å². The molecule has 1 aromatic heterocycles. The third-order valence-electron chi connectivity index (χ3n) is 4.73. The fourth-order valence-electron chi connectivity index (χ4n) is 3.13. The van der Waals surface area contributed by atoms with E-state index >= 15 is 0 Å². The van der Waals surface area contributed by atoms with Gasteiger partial charge in [0.15, 0.2) is 10.4 Å². The van der Waals surface area contributed by atoms with Crippen LogP contribution in [0, 0.1) is 0 Å². The molecular weight excluding hydrogens is 398 g/mol. The summed E-state index contributed by atoms with van der Waals surface area (Å²) in [7, 11) is 3.80. The second kappa shape index (κ2) is 8.70. The Bertz CT molecular complexity index is 724. The van der Waals surface area contributed by atoms with E-state index in [1.165, 1.54) is 0 Å². The van der Waals surface area contributed by atoms with Crippen molar-refractivity contribution >= 4 is 21.8 Å². The van der Waals surface area contributed by atoms with Crippen molar-refractivity contribution in [2.75, 3.05) is 46.9 Å². The first kappa shape index (κ1) is 18.9. The van der Waals surface area contributed by atoms with Gasteiger partial charge in [-0.1, -0.05) is 12.1 Å². The number of halogens is 1. The maximum atomic E-state index is 12.4. The second-order valence-electron chi connectivity index (χ2n) is 6.44. The summed E-state index contributed by atoms with van der Waals surface area (Å²) in [5, 5.41) is 3.01. The van der Waals surface area contributed by atoms with Crippen LogP contribution in [0.4, 0.5) is 0 Å². The molecule has 1 atom stereocenters. The fraction of sp³-hybridized carbons (Fsp3) is 0.421. The zero-order valence-corrected chi connectivity index (χ0v) is 16.7. The number of rotatable bonds is 6. The number of carbonyl (C=O) groups is 1. The number of amides is 1. The molecule has 140 valence electrons. The monoisotopic (exact) mass is 421 g/mol. The summed E-state index contributed by atoms with van der Waals surface area (Å²) in [5.74, 6) is 0.933. The minimum atomic E-state index is -0.205. The number of furan rings is 1. The summed E-state index contributed by atoms with van der Waals surface area (Å²) in [4.78, 5) is 17.1. The van der Waals surface area contributed by atoms with Crippen molar-refractivity contribution < 1.29 is 13.9 Å². The molecular formula is C19H24BrN3O3. The number of hydrogen-bond acceptors (Lipinski definition) is 5. The van der Waals surface area contributed by atoms with Gasteiger partial charge < -0.3 is 19.4 Å². The van der Waals surface area contributed by atoms with Gasteiger partial charge in [-0.2, -0.15) is 0 Å². The van der Waals surface area contributed by atoms with Crippen molar-refractivity contribution in [1.29, 1.82) is 0 Å². The van der Waals surface area contributed by atoms with Crippen LogP contribution in [0.1, 0.15) is 22.2 Å². The summed E-state index contributed by atoms with van der Waals surface area (Å²) in [6.45, 7) is 4.50. The minimum absolute atomic E-state index is 0.108. The number of nitrogens with zero attached hydrogens (tertiary/aromatic N) is 2. The number of piperazine rings is 1. The van der Waals surface area contributed by atoms with E-state index in [9.17, 15) is 4.79 Å². The highest BCUT2D eigenvalue weighted by atomic mass is 79.9. The Morgan fingerprint density at radius 1 is 1.19 bits per heavy atom. The molecule has 0 aliphatic carbocycles. The van der Waals surface area contributed by atoms with E-state index in [0.717, 1.165) is 37.5 Å². The predicted octanol–water partition coefficient (Wildman–Crippen LogP) is 2.77. The van der Waals surface area contributed by atoms with Gasteiger partial charge in [0, 0.05) is 32.7 Å². The minimum Gasteiger partial charge on any atom is -0.497 e. The molecule has 7 heteroatoms. The molecule has 6 nitrogen and oxygen atoms in total. The molecule has 26 heavy (non-hydrogen) atoms. The molecule has 1 amide bonds. The molecule has 0 bridgehead atoms. The van der Waals surface area contributed by atoms with Gasteiger partial charge in [0.2, 0.25) is 0 Å². The second-order valence-corrected chi connectivity index (χ2v) is 7.22. The van der Waals surface area contributed by atoms with Crippen molar-refractivity contribution in [2.45, 2.75) is 6.04 Å². The molecule has 1 aliphatic heterocycles. The lowest BCUT2D eigenvalue weighted by Crippen LogP contribution is -2.48. The van der Waals surface area contributed by atoms with E-state index in [2.05, 4.69) is 50.2 Å². The van der Waals surface area contributed by atoms with Gasteiger partial charge in [0.05, 0.1) is 13.2 Å². The largest absolute Gasteiger partial charge is 0.497 e. The normalized spacial score (nSPS) is 17.0. The van der Waals surface area contributed by atoms with Crippen LogP contribution in [0.5, 0.6) is 5.75 Å². The van der Waals surface area contributed by atoms with Crippen molar-refractivity contribution in [1.82, 2.24) is 15.1 Å². The highest BCUT2D eigenvalue weighted by Crippen LogP contribution is 2.24. The third kappa shape index (κ3) is 4.66. The van der Waals surface area contributed by atoms with E-state index in [-0.39, 0.29) is 11.9 Å². The van der Waals surface area contributed by atoms with E-state index in [4.69, 9.17) is 9.15 Å². The van der Waals surface area contributed by atoms with Gasteiger partial charge in [-0.15, -0.1) is 0 Å². The van der Waals surface area contributed by atoms with Crippen LogP contribution in [-0.2, 0) is 0 Å². The lowest BCUT2D eigenvalue weighted by Gasteiger charge is -2.38. The van der Waals surface area contributed by atoms with Crippen LogP contribution in [-0.4, -0.2) is 62.6 Å². The van der Waals surface area contributed by atoms with Gasteiger partial charge in [-0.25, -0.2) is 0 Å². The third-order valence-corrected chi connectivity index (χ3v) is 5.16. The van der Waals surface area contributed by atoms with E-state index in [1.807, 2.05) is 12.1 Å². The van der Waals surface area contributed by atoms with Gasteiger partial charge in [0.1, 0.15) is 5.75 Å². The SMILES string of the molecule is COc1ccc([C@H](CNC(=O)c2ccc(Br)o2)N2CCN(C)CC2)cc1. The molecule has 2 heterocycles. The molecule has 0 radical (unpaired) electrons. The Morgan fingerprint density at radius 3 is 2.46 bits per heavy atom. The fourth-order valence-corrected chi connectivity index (χ4v) is 3.44. The van der Waals surface area contributed by atoms with Crippen molar-refractivity contribution in [2.24, 2.45) is 0 Å². The molecule has 0 spiro atoms. The highest BCUT2D eigenvalue weighted by molar-refractivity contribution is 9.10. The van der Waals surface area contributed by atoms with Gasteiger partial charge >= 0.3 is 0 Å². The van der Waals surface area contributed by atoms with Crippen LogP contribution in [0.15, 0.2) is 45.5 Å². The number of methoxy groups -OCH3 is 1. The van der Waals surface area contributed by atoms with E-state index in [1.54, 1.807) is 19.2 Å². The van der Waals surface area contributed by atoms with Crippen LogP contribution in [0.3, 0.4) is 0 Å². The van der Waals surface area contributed by atoms with Gasteiger partial charge in [0.25, 0.3) is 5.91 Å². The Morgan fingerprint density at radius 2 is 1.88 bits per heavy atom. The first-order valence-corrected chi connectivity index (χ1v) is 9.46. The zero-order chi connectivity index (χ0) is 18.5. The lowest BCUT2D eigenvalue weighted by atomic mass is 10.0. The number of nitrogens with one attached hydrogen (secondary N) is 1. The van der Waals surface area contributed by atoms with Crippen molar-refractivity contribution in [3.8, 4) is 5.75 Å². The van der Waals surface area contributed by atoms with E-state index in [0.29, 0.717) is 17.0 Å². The highest BCUT2D eigenvalue weighted by Gasteiger charge is 2.25. The summed E-state index contributed by atoms with van der Waals surface area (Å²) in [6.07, 6.45) is 0. The number of carbonyl (C=O) groups excluding carboxylic acids is 1. The lowest BCUT2D eigenvalue weighted by molar-refractivity contribution is 0.0862. The Hall–Kier alpha value is -1.83. The number of hydrogen-bond donors (Lipinski definition) is 1. The van der Waals surface area contributed by atoms with Crippen molar-refractivity contribution in [3.63, 3.8) is 0 Å². The van der Waals surface area contributed by atoms with Crippen molar-refractivity contribution in [3.05, 3.63) is 52.4 Å². The first-order valence-electron chi connectivity index (χ1n) is 8.67. The maximum absolute atomic E-state index is 12.4. The summed E-state index contributed by atoms with van der Waals surface area (Å²) in [5.41, 5.74) is 1.16. The Balaban J connectivity index is 1.72. The van der Waals surface area contributed by atoms with Crippen LogP contribution in [0.2, 0.25) is 0 Å². The zero-order valence-electron chi connectivity index (χ0n) is 15.1. The molecule has 2 aromatic rings. The number of likely N-dealkylation sites (N-methyl/N-ethyl adjacent to an activating group) is 1. The molecule has 1 fully saturated rings. The number of benzene rings is 1. The Kier molecular flexibility index (Phi) is 6.34. The molecule has 1 N–H and O–H groups in total.